The molecular weight excluding hydrogens is 360 g/mol. The van der Waals surface area contributed by atoms with Crippen LogP contribution in [0, 0.1) is 0 Å². The molecule has 0 aliphatic rings. The van der Waals surface area contributed by atoms with Gasteiger partial charge in [-0.05, 0) is 0 Å². The predicted octanol–water partition coefficient (Wildman–Crippen LogP) is 3.93. The quantitative estimate of drug-likeness (QED) is 0.761. The second-order valence-electron chi connectivity index (χ2n) is 3.55. The van der Waals surface area contributed by atoms with E-state index in [9.17, 15) is 0 Å². The Kier molecular flexibility index (Phi) is 4.61. The van der Waals surface area contributed by atoms with Crippen LogP contribution in [-0.4, -0.2) is 18.8 Å². The normalized spacial score (nSPS) is 11.2. The number of methoxy groups -OCH3 is 2. The van der Waals surface area contributed by atoms with Crippen LogP contribution < -0.4 is 9.47 Å². The number of hydrogen-bond donors (Lipinski definition) is 0. The summed E-state index contributed by atoms with van der Waals surface area (Å²) in [5.74, 6) is 1.58. The average molecular weight is 372 g/mol. The predicted molar refractivity (Wildman–Crippen MR) is 73.9 cm³/mol. The van der Waals surface area contributed by atoms with Gasteiger partial charge in [0.05, 0.1) is 0 Å². The molecule has 2 nitrogen and oxygen atoms in total. The fraction of sp³-hybridized carbons (Fsp3) is 0.154. The van der Waals surface area contributed by atoms with E-state index in [1.807, 2.05) is 34.9 Å². The first kappa shape index (κ1) is 13.8. The Morgan fingerprint density at radius 3 is 2.28 bits per heavy atom. The molecule has 0 heterocycles. The second-order valence-corrected chi connectivity index (χ2v) is 9.28. The first-order valence-electron chi connectivity index (χ1n) is 5.14. The molecule has 0 saturated heterocycles. The minimum absolute atomic E-state index is 0.784. The summed E-state index contributed by atoms with van der Waals surface area (Å²) in [6, 6.07) is 9.83. The third-order valence-electron chi connectivity index (χ3n) is 2.60. The summed E-state index contributed by atoms with van der Waals surface area (Å²) in [5, 5.41) is 2.01. The Morgan fingerprint density at radius 1 is 1.06 bits per heavy atom. The van der Waals surface area contributed by atoms with Crippen LogP contribution in [0.1, 0.15) is 5.56 Å². The monoisotopic (exact) mass is 372 g/mol. The van der Waals surface area contributed by atoms with Crippen LogP contribution in [0.15, 0.2) is 30.3 Å². The van der Waals surface area contributed by atoms with E-state index in [4.69, 9.17) is 28.9 Å². The van der Waals surface area contributed by atoms with Gasteiger partial charge in [0, 0.05) is 0 Å². The van der Waals surface area contributed by atoms with E-state index in [1.54, 1.807) is 14.2 Å². The molecule has 0 saturated carbocycles. The maximum absolute atomic E-state index is 5.94. The molecule has 2 aromatic carbocycles. The van der Waals surface area contributed by atoms with Gasteiger partial charge in [-0.3, -0.25) is 0 Å². The zero-order chi connectivity index (χ0) is 13.1. The summed E-state index contributed by atoms with van der Waals surface area (Å²) < 4.78 is 12.7. The number of ether oxygens (including phenoxy) is 2. The van der Waals surface area contributed by atoms with Crippen LogP contribution in [0.25, 0.3) is 10.8 Å². The van der Waals surface area contributed by atoms with Crippen molar-refractivity contribution in [2.45, 2.75) is 0 Å². The van der Waals surface area contributed by atoms with E-state index < -0.39 is 13.5 Å². The van der Waals surface area contributed by atoms with E-state index in [2.05, 4.69) is 0 Å². The van der Waals surface area contributed by atoms with E-state index in [0.29, 0.717) is 0 Å². The van der Waals surface area contributed by atoms with Crippen molar-refractivity contribution >= 4 is 34.8 Å². The number of rotatable bonds is 3. The zero-order valence-electron chi connectivity index (χ0n) is 9.89. The van der Waals surface area contributed by atoms with Crippen LogP contribution in [-0.2, 0) is 13.5 Å². The zero-order valence-corrected chi connectivity index (χ0v) is 13.1. The van der Waals surface area contributed by atoms with Gasteiger partial charge < -0.3 is 0 Å². The van der Waals surface area contributed by atoms with Crippen molar-refractivity contribution in [3.63, 3.8) is 0 Å². The minimum atomic E-state index is -1.91. The summed E-state index contributed by atoms with van der Waals surface area (Å²) in [6.07, 6.45) is 0. The molecule has 0 unspecified atom stereocenters. The maximum atomic E-state index is 5.94. The van der Waals surface area contributed by atoms with Gasteiger partial charge in [-0.25, -0.2) is 0 Å². The Labute approximate surface area is 119 Å². The first-order chi connectivity index (χ1) is 8.67. The van der Waals surface area contributed by atoms with Gasteiger partial charge in [0.25, 0.3) is 0 Å². The molecule has 2 aromatic rings. The molecule has 0 aliphatic carbocycles. The Hall–Kier alpha value is -0.627. The van der Waals surface area contributed by atoms with Crippen LogP contribution in [0.5, 0.6) is 11.5 Å². The molecule has 18 heavy (non-hydrogen) atoms. The summed E-state index contributed by atoms with van der Waals surface area (Å²) >= 11 is -1.91. The Balaban J connectivity index is 2.83. The molecule has 98 valence electrons. The molecule has 0 N–H and O–H groups in total. The molecule has 5 heteroatoms. The van der Waals surface area contributed by atoms with Gasteiger partial charge in [-0.15, -0.1) is 0 Å². The van der Waals surface area contributed by atoms with E-state index in [0.717, 1.165) is 27.8 Å². The van der Waals surface area contributed by atoms with Gasteiger partial charge in [0.15, 0.2) is 0 Å². The third-order valence-corrected chi connectivity index (χ3v) is 4.43. The van der Waals surface area contributed by atoms with E-state index in [-0.39, 0.29) is 0 Å². The molecular formula is C13H12Cl2O2Ru. The van der Waals surface area contributed by atoms with Gasteiger partial charge >= 0.3 is 119 Å². The average Bonchev–Trinajstić information content (AvgIpc) is 2.37. The molecule has 0 radical (unpaired) electrons. The molecule has 0 fully saturated rings. The molecule has 0 spiro atoms. The molecule has 0 bridgehead atoms. The number of hydrogen-bond acceptors (Lipinski definition) is 2. The Bertz CT molecular complexity index is 607. The summed E-state index contributed by atoms with van der Waals surface area (Å²) in [6.45, 7) is 0. The molecule has 2 rings (SSSR count). The summed E-state index contributed by atoms with van der Waals surface area (Å²) in [7, 11) is 15.2. The van der Waals surface area contributed by atoms with E-state index >= 15 is 0 Å². The van der Waals surface area contributed by atoms with Crippen LogP contribution in [0.2, 0.25) is 0 Å². The third kappa shape index (κ3) is 2.69. The van der Waals surface area contributed by atoms with Crippen molar-refractivity contribution < 1.29 is 23.0 Å². The topological polar surface area (TPSA) is 18.5 Å². The van der Waals surface area contributed by atoms with Crippen molar-refractivity contribution in [1.29, 1.82) is 0 Å². The van der Waals surface area contributed by atoms with Gasteiger partial charge in [0.2, 0.25) is 0 Å². The SMILES string of the molecule is COc1cc([CH]=[Ru]([Cl])[Cl])c(OC)c2ccccc12. The van der Waals surface area contributed by atoms with Gasteiger partial charge in [-0.2, -0.15) is 0 Å². The molecule has 0 amide bonds. The van der Waals surface area contributed by atoms with E-state index in [1.165, 1.54) is 0 Å². The fourth-order valence-electron chi connectivity index (χ4n) is 1.89. The van der Waals surface area contributed by atoms with Gasteiger partial charge in [-0.1, -0.05) is 0 Å². The van der Waals surface area contributed by atoms with Crippen LogP contribution in [0.3, 0.4) is 0 Å². The standard InChI is InChI=1S/C13H12O2.2ClH.Ru/c1-9-8-12(14-2)10-6-4-5-7-11(10)13(9)15-3;;;/h1,4-8H,2-3H3;2*1H;/q;;;+2/p-2. The van der Waals surface area contributed by atoms with Crippen molar-refractivity contribution in [2.75, 3.05) is 14.2 Å². The van der Waals surface area contributed by atoms with Crippen molar-refractivity contribution in [2.24, 2.45) is 0 Å². The summed E-state index contributed by atoms with van der Waals surface area (Å²) in [4.78, 5) is 0. The van der Waals surface area contributed by atoms with Crippen LogP contribution in [0.4, 0.5) is 0 Å². The van der Waals surface area contributed by atoms with Gasteiger partial charge in [0.1, 0.15) is 0 Å². The van der Waals surface area contributed by atoms with Crippen molar-refractivity contribution in [3.05, 3.63) is 35.9 Å². The Morgan fingerprint density at radius 2 is 1.72 bits per heavy atom. The number of fused-ring (bicyclic) bond motifs is 1. The first-order valence-corrected chi connectivity index (χ1v) is 10.6. The molecule has 0 aliphatic heterocycles. The van der Waals surface area contributed by atoms with Crippen LogP contribution >= 0.6 is 19.4 Å². The second kappa shape index (κ2) is 6.01. The van der Waals surface area contributed by atoms with Crippen molar-refractivity contribution in [1.82, 2.24) is 0 Å². The molecule has 0 aromatic heterocycles. The number of halogens is 2. The van der Waals surface area contributed by atoms with Crippen molar-refractivity contribution in [3.8, 4) is 11.5 Å². The molecule has 0 atom stereocenters. The number of benzene rings is 2. The summed E-state index contributed by atoms with van der Waals surface area (Å²) in [5.41, 5.74) is 0.886. The fourth-order valence-corrected chi connectivity index (χ4v) is 3.66.